The van der Waals surface area contributed by atoms with Gasteiger partial charge in [-0.3, -0.25) is 10.1 Å². The molecule has 0 aromatic carbocycles. The molecule has 1 aliphatic carbocycles. The van der Waals surface area contributed by atoms with E-state index in [1.54, 1.807) is 0 Å². The van der Waals surface area contributed by atoms with Gasteiger partial charge < -0.3 is 4.90 Å². The molecule has 1 heterocycles. The van der Waals surface area contributed by atoms with Crippen molar-refractivity contribution in [1.82, 2.24) is 10.2 Å². The summed E-state index contributed by atoms with van der Waals surface area (Å²) in [7, 11) is 0. The van der Waals surface area contributed by atoms with E-state index in [1.807, 2.05) is 11.8 Å². The molecule has 2 fully saturated rings. The Hall–Kier alpha value is -0.220. The molecule has 0 radical (unpaired) electrons. The molecule has 1 N–H and O–H groups in total. The molecular formula is C11H20N2OS. The Morgan fingerprint density at radius 1 is 1.60 bits per heavy atom. The minimum absolute atomic E-state index is 0.280. The number of hydrogen-bond acceptors (Lipinski definition) is 3. The van der Waals surface area contributed by atoms with Gasteiger partial charge in [-0.15, -0.1) is 0 Å². The van der Waals surface area contributed by atoms with Gasteiger partial charge in [0.25, 0.3) is 0 Å². The van der Waals surface area contributed by atoms with Crippen molar-refractivity contribution in [2.24, 2.45) is 0 Å². The quantitative estimate of drug-likeness (QED) is 0.790. The first-order chi connectivity index (χ1) is 7.21. The van der Waals surface area contributed by atoms with E-state index in [0.717, 1.165) is 13.0 Å². The van der Waals surface area contributed by atoms with Crippen LogP contribution in [0, 0.1) is 0 Å². The molecule has 1 amide bonds. The predicted molar refractivity (Wildman–Crippen MR) is 63.9 cm³/mol. The standard InChI is InChI=1S/C11H20N2OS/c1-3-9-12-7-10(14)13(9)8-11(15-2)5-4-6-11/h9,12H,3-8H2,1-2H3. The van der Waals surface area contributed by atoms with Crippen LogP contribution in [0.1, 0.15) is 32.6 Å². The lowest BCUT2D eigenvalue weighted by atomic mass is 9.83. The Morgan fingerprint density at radius 3 is 2.80 bits per heavy atom. The van der Waals surface area contributed by atoms with Crippen molar-refractivity contribution in [3.8, 4) is 0 Å². The van der Waals surface area contributed by atoms with Crippen LogP contribution in [0.15, 0.2) is 0 Å². The highest BCUT2D eigenvalue weighted by Gasteiger charge is 2.41. The number of carbonyl (C=O) groups is 1. The summed E-state index contributed by atoms with van der Waals surface area (Å²) >= 11 is 1.94. The average molecular weight is 228 g/mol. The second-order valence-corrected chi connectivity index (χ2v) is 5.84. The van der Waals surface area contributed by atoms with Crippen molar-refractivity contribution < 1.29 is 4.79 Å². The summed E-state index contributed by atoms with van der Waals surface area (Å²) in [6.45, 7) is 3.61. The molecule has 4 heteroatoms. The normalized spacial score (nSPS) is 29.3. The Morgan fingerprint density at radius 2 is 2.33 bits per heavy atom. The minimum atomic E-state index is 0.280. The van der Waals surface area contributed by atoms with E-state index >= 15 is 0 Å². The maximum Gasteiger partial charge on any atom is 0.237 e. The van der Waals surface area contributed by atoms with Crippen molar-refractivity contribution in [1.29, 1.82) is 0 Å². The monoisotopic (exact) mass is 228 g/mol. The zero-order chi connectivity index (χ0) is 10.9. The van der Waals surface area contributed by atoms with E-state index in [4.69, 9.17) is 0 Å². The highest BCUT2D eigenvalue weighted by molar-refractivity contribution is 8.00. The first-order valence-electron chi connectivity index (χ1n) is 5.79. The van der Waals surface area contributed by atoms with E-state index < -0.39 is 0 Å². The van der Waals surface area contributed by atoms with E-state index in [2.05, 4.69) is 23.4 Å². The molecule has 1 saturated carbocycles. The van der Waals surface area contributed by atoms with Gasteiger partial charge in [0.05, 0.1) is 12.7 Å². The van der Waals surface area contributed by atoms with Gasteiger partial charge in [-0.1, -0.05) is 13.3 Å². The van der Waals surface area contributed by atoms with Crippen molar-refractivity contribution in [2.45, 2.75) is 43.5 Å². The molecule has 0 bridgehead atoms. The van der Waals surface area contributed by atoms with E-state index in [1.165, 1.54) is 19.3 Å². The predicted octanol–water partition coefficient (Wildman–Crippen LogP) is 1.44. The lowest BCUT2D eigenvalue weighted by Crippen LogP contribution is -2.49. The number of amides is 1. The second kappa shape index (κ2) is 4.34. The third kappa shape index (κ3) is 2.02. The van der Waals surface area contributed by atoms with Crippen LogP contribution in [0.4, 0.5) is 0 Å². The van der Waals surface area contributed by atoms with Gasteiger partial charge in [-0.2, -0.15) is 11.8 Å². The third-order valence-electron chi connectivity index (χ3n) is 3.73. The van der Waals surface area contributed by atoms with Gasteiger partial charge in [0.15, 0.2) is 0 Å². The van der Waals surface area contributed by atoms with Gasteiger partial charge in [-0.05, 0) is 25.5 Å². The molecule has 0 aromatic rings. The first kappa shape index (κ1) is 11.3. The van der Waals surface area contributed by atoms with Crippen LogP contribution in [0.5, 0.6) is 0 Å². The lowest BCUT2D eigenvalue weighted by molar-refractivity contribution is -0.128. The number of nitrogens with one attached hydrogen (secondary N) is 1. The largest absolute Gasteiger partial charge is 0.325 e. The summed E-state index contributed by atoms with van der Waals surface area (Å²) in [6, 6.07) is 0. The second-order valence-electron chi connectivity index (χ2n) is 4.57. The van der Waals surface area contributed by atoms with Gasteiger partial charge in [0.1, 0.15) is 0 Å². The molecule has 0 spiro atoms. The fourth-order valence-electron chi connectivity index (χ4n) is 2.46. The van der Waals surface area contributed by atoms with Crippen LogP contribution in [0.3, 0.4) is 0 Å². The van der Waals surface area contributed by atoms with Crippen LogP contribution < -0.4 is 5.32 Å². The molecule has 3 nitrogen and oxygen atoms in total. The van der Waals surface area contributed by atoms with Crippen molar-refractivity contribution >= 4 is 17.7 Å². The van der Waals surface area contributed by atoms with Crippen LogP contribution in [-0.4, -0.2) is 41.1 Å². The summed E-state index contributed by atoms with van der Waals surface area (Å²) in [5.41, 5.74) is 0. The van der Waals surface area contributed by atoms with Gasteiger partial charge in [-0.25, -0.2) is 0 Å². The van der Waals surface area contributed by atoms with Crippen LogP contribution in [0.25, 0.3) is 0 Å². The number of thioether (sulfide) groups is 1. The number of nitrogens with zero attached hydrogens (tertiary/aromatic N) is 1. The Balaban J connectivity index is 1.99. The van der Waals surface area contributed by atoms with Crippen LogP contribution in [-0.2, 0) is 4.79 Å². The van der Waals surface area contributed by atoms with Gasteiger partial charge >= 0.3 is 0 Å². The molecular weight excluding hydrogens is 208 g/mol. The van der Waals surface area contributed by atoms with E-state index in [9.17, 15) is 4.79 Å². The average Bonchev–Trinajstić information content (AvgIpc) is 2.53. The highest BCUT2D eigenvalue weighted by Crippen LogP contribution is 2.43. The minimum Gasteiger partial charge on any atom is -0.325 e. The van der Waals surface area contributed by atoms with Gasteiger partial charge in [0.2, 0.25) is 5.91 Å². The molecule has 86 valence electrons. The van der Waals surface area contributed by atoms with E-state index in [0.29, 0.717) is 11.3 Å². The molecule has 2 rings (SSSR count). The zero-order valence-electron chi connectivity index (χ0n) is 9.58. The fraction of sp³-hybridized carbons (Fsp3) is 0.909. The van der Waals surface area contributed by atoms with E-state index in [-0.39, 0.29) is 12.1 Å². The smallest absolute Gasteiger partial charge is 0.237 e. The fourth-order valence-corrected chi connectivity index (χ4v) is 3.43. The maximum absolute atomic E-state index is 11.7. The Kier molecular flexibility index (Phi) is 3.26. The number of hydrogen-bond donors (Lipinski definition) is 1. The Labute approximate surface area is 96.0 Å². The van der Waals surface area contributed by atoms with Gasteiger partial charge in [0, 0.05) is 11.3 Å². The SMILES string of the molecule is CCC1NCC(=O)N1CC1(SC)CCC1. The van der Waals surface area contributed by atoms with Crippen molar-refractivity contribution in [3.05, 3.63) is 0 Å². The molecule has 1 atom stereocenters. The van der Waals surface area contributed by atoms with Crippen molar-refractivity contribution in [3.63, 3.8) is 0 Å². The maximum atomic E-state index is 11.7. The molecule has 1 saturated heterocycles. The summed E-state index contributed by atoms with van der Waals surface area (Å²) in [6.07, 6.45) is 7.34. The van der Waals surface area contributed by atoms with Crippen LogP contribution in [0.2, 0.25) is 0 Å². The number of rotatable bonds is 4. The first-order valence-corrected chi connectivity index (χ1v) is 7.01. The molecule has 1 aliphatic heterocycles. The summed E-state index contributed by atoms with van der Waals surface area (Å²) < 4.78 is 0.370. The topological polar surface area (TPSA) is 32.3 Å². The third-order valence-corrected chi connectivity index (χ3v) is 5.13. The lowest BCUT2D eigenvalue weighted by Gasteiger charge is -2.44. The highest BCUT2D eigenvalue weighted by atomic mass is 32.2. The zero-order valence-corrected chi connectivity index (χ0v) is 10.4. The molecule has 1 unspecified atom stereocenters. The molecule has 0 aromatic heterocycles. The van der Waals surface area contributed by atoms with Crippen LogP contribution >= 0.6 is 11.8 Å². The Bertz CT molecular complexity index is 247. The number of carbonyl (C=O) groups excluding carboxylic acids is 1. The summed E-state index contributed by atoms with van der Waals surface area (Å²) in [4.78, 5) is 13.8. The van der Waals surface area contributed by atoms with Crippen molar-refractivity contribution in [2.75, 3.05) is 19.3 Å². The molecule has 15 heavy (non-hydrogen) atoms. The summed E-state index contributed by atoms with van der Waals surface area (Å²) in [5.74, 6) is 0.280. The summed E-state index contributed by atoms with van der Waals surface area (Å²) in [5, 5.41) is 3.27. The molecule has 2 aliphatic rings.